The van der Waals surface area contributed by atoms with Gasteiger partial charge in [0.1, 0.15) is 17.9 Å². The molecule has 102 valence electrons. The van der Waals surface area contributed by atoms with Crippen molar-refractivity contribution in [2.24, 2.45) is 0 Å². The van der Waals surface area contributed by atoms with E-state index in [9.17, 15) is 13.6 Å². The van der Waals surface area contributed by atoms with Gasteiger partial charge in [-0.05, 0) is 20.8 Å². The van der Waals surface area contributed by atoms with Crippen LogP contribution in [-0.4, -0.2) is 28.4 Å². The zero-order chi connectivity index (χ0) is 14.0. The molecule has 8 heteroatoms. The Morgan fingerprint density at radius 2 is 2.17 bits per heavy atom. The summed E-state index contributed by atoms with van der Waals surface area (Å²) in [5.74, 6) is -3.41. The largest absolute Gasteiger partial charge is 0.444 e. The molecule has 0 fully saturated rings. The molecule has 0 aromatic carbocycles. The molecule has 18 heavy (non-hydrogen) atoms. The molecule has 0 aliphatic carbocycles. The second-order valence-electron chi connectivity index (χ2n) is 4.53. The van der Waals surface area contributed by atoms with Gasteiger partial charge in [0.25, 0.3) is 0 Å². The highest BCUT2D eigenvalue weighted by atomic mass is 32.1. The van der Waals surface area contributed by atoms with Crippen molar-refractivity contribution in [2.45, 2.75) is 32.3 Å². The minimum Gasteiger partial charge on any atom is -0.444 e. The van der Waals surface area contributed by atoms with Crippen LogP contribution in [0.3, 0.4) is 0 Å². The van der Waals surface area contributed by atoms with E-state index in [4.69, 9.17) is 9.84 Å². The van der Waals surface area contributed by atoms with Crippen LogP contribution in [0.2, 0.25) is 0 Å². The van der Waals surface area contributed by atoms with Gasteiger partial charge in [0.2, 0.25) is 0 Å². The van der Waals surface area contributed by atoms with Crippen LogP contribution in [0.1, 0.15) is 26.5 Å². The van der Waals surface area contributed by atoms with Crippen LogP contribution in [0, 0.1) is 0 Å². The van der Waals surface area contributed by atoms with E-state index in [2.05, 4.69) is 10.3 Å². The molecule has 1 aromatic heterocycles. The number of hydrogen-bond acceptors (Lipinski definition) is 5. The minimum atomic E-state index is -3.41. The number of rotatable bonds is 3. The lowest BCUT2D eigenvalue weighted by Crippen LogP contribution is -2.27. The van der Waals surface area contributed by atoms with E-state index in [0.29, 0.717) is 0 Å². The smallest absolute Gasteiger partial charge is 0.413 e. The number of thiazole rings is 1. The number of carbonyl (C=O) groups is 1. The summed E-state index contributed by atoms with van der Waals surface area (Å²) in [4.78, 5) is 14.9. The third-order valence-corrected chi connectivity index (χ3v) is 2.44. The van der Waals surface area contributed by atoms with Gasteiger partial charge in [0.05, 0.1) is 0 Å². The van der Waals surface area contributed by atoms with Gasteiger partial charge in [-0.25, -0.2) is 9.78 Å². The monoisotopic (exact) mass is 280 g/mol. The lowest BCUT2D eigenvalue weighted by atomic mass is 10.2. The zero-order valence-electron chi connectivity index (χ0n) is 10.2. The Morgan fingerprint density at radius 1 is 1.56 bits per heavy atom. The Balaban J connectivity index is 2.68. The molecular weight excluding hydrogens is 266 g/mol. The second kappa shape index (κ2) is 5.15. The van der Waals surface area contributed by atoms with E-state index in [1.807, 2.05) is 0 Å². The predicted molar refractivity (Wildman–Crippen MR) is 63.0 cm³/mol. The summed E-state index contributed by atoms with van der Waals surface area (Å²) in [6.45, 7) is 3.71. The van der Waals surface area contributed by atoms with E-state index in [1.54, 1.807) is 20.8 Å². The van der Waals surface area contributed by atoms with Crippen molar-refractivity contribution < 1.29 is 23.4 Å². The molecule has 2 N–H and O–H groups in total. The molecule has 1 rings (SSSR count). The number of carbonyl (C=O) groups excluding carboxylic acids is 1. The second-order valence-corrected chi connectivity index (χ2v) is 5.39. The van der Waals surface area contributed by atoms with Crippen LogP contribution < -0.4 is 5.32 Å². The molecule has 1 amide bonds. The summed E-state index contributed by atoms with van der Waals surface area (Å²) < 4.78 is 31.1. The number of nitrogens with one attached hydrogen (secondary N) is 1. The van der Waals surface area contributed by atoms with Gasteiger partial charge in [-0.3, -0.25) is 5.32 Å². The molecule has 5 nitrogen and oxygen atoms in total. The Labute approximate surface area is 107 Å². The number of amides is 1. The van der Waals surface area contributed by atoms with E-state index < -0.39 is 29.9 Å². The Hall–Kier alpha value is -1.28. The molecule has 0 saturated carbocycles. The van der Waals surface area contributed by atoms with Gasteiger partial charge in [0, 0.05) is 5.38 Å². The van der Waals surface area contributed by atoms with E-state index in [1.165, 1.54) is 0 Å². The number of aliphatic hydroxyl groups excluding tert-OH is 1. The highest BCUT2D eigenvalue weighted by Crippen LogP contribution is 2.30. The molecule has 1 heterocycles. The maximum Gasteiger partial charge on any atom is 0.413 e. The number of halogens is 2. The first-order chi connectivity index (χ1) is 8.14. The molecule has 0 aliphatic heterocycles. The first kappa shape index (κ1) is 14.8. The molecule has 1 aromatic rings. The summed E-state index contributed by atoms with van der Waals surface area (Å²) >= 11 is 0.832. The number of anilines is 1. The van der Waals surface area contributed by atoms with E-state index >= 15 is 0 Å². The lowest BCUT2D eigenvalue weighted by Gasteiger charge is -2.18. The van der Waals surface area contributed by atoms with Gasteiger partial charge in [-0.1, -0.05) is 0 Å². The third-order valence-electron chi connectivity index (χ3n) is 1.69. The van der Waals surface area contributed by atoms with Gasteiger partial charge >= 0.3 is 12.0 Å². The van der Waals surface area contributed by atoms with Gasteiger partial charge in [-0.15, -0.1) is 11.3 Å². The lowest BCUT2D eigenvalue weighted by molar-refractivity contribution is -0.0586. The normalized spacial score (nSPS) is 12.3. The van der Waals surface area contributed by atoms with Crippen molar-refractivity contribution in [1.29, 1.82) is 0 Å². The molecule has 0 radical (unpaired) electrons. The quantitative estimate of drug-likeness (QED) is 0.892. The topological polar surface area (TPSA) is 71.5 Å². The molecule has 0 atom stereocenters. The molecular formula is C10H14F2N2O3S. The number of alkyl halides is 2. The van der Waals surface area contributed by atoms with Crippen LogP contribution in [0.25, 0.3) is 0 Å². The number of aromatic nitrogens is 1. The summed E-state index contributed by atoms with van der Waals surface area (Å²) in [5, 5.41) is 11.8. The van der Waals surface area contributed by atoms with Gasteiger partial charge in [0.15, 0.2) is 5.13 Å². The van der Waals surface area contributed by atoms with Crippen molar-refractivity contribution in [3.8, 4) is 0 Å². The fourth-order valence-electron chi connectivity index (χ4n) is 0.971. The van der Waals surface area contributed by atoms with Crippen LogP contribution in [0.15, 0.2) is 5.38 Å². The zero-order valence-corrected chi connectivity index (χ0v) is 11.0. The van der Waals surface area contributed by atoms with Crippen LogP contribution >= 0.6 is 11.3 Å². The molecule has 0 aliphatic rings. The average molecular weight is 280 g/mol. The number of nitrogens with zero attached hydrogens (tertiary/aromatic N) is 1. The Morgan fingerprint density at radius 3 is 2.67 bits per heavy atom. The summed E-state index contributed by atoms with van der Waals surface area (Å²) in [6, 6.07) is 0. The predicted octanol–water partition coefficient (Wildman–Crippen LogP) is 2.57. The molecule has 0 saturated heterocycles. The van der Waals surface area contributed by atoms with Crippen molar-refractivity contribution in [3.05, 3.63) is 11.1 Å². The van der Waals surface area contributed by atoms with Crippen molar-refractivity contribution in [1.82, 2.24) is 4.98 Å². The number of ether oxygens (including phenoxy) is 1. The van der Waals surface area contributed by atoms with Crippen LogP contribution in [-0.2, 0) is 10.7 Å². The summed E-state index contributed by atoms with van der Waals surface area (Å²) in [7, 11) is 0. The minimum absolute atomic E-state index is 0.00706. The SMILES string of the molecule is CC(C)(C)OC(=O)Nc1nc(C(F)(F)CO)cs1. The Kier molecular flexibility index (Phi) is 4.23. The van der Waals surface area contributed by atoms with Crippen LogP contribution in [0.4, 0.5) is 18.7 Å². The third kappa shape index (κ3) is 4.19. The average Bonchev–Trinajstić information content (AvgIpc) is 2.63. The van der Waals surface area contributed by atoms with Gasteiger partial charge < -0.3 is 9.84 Å². The van der Waals surface area contributed by atoms with Crippen LogP contribution in [0.5, 0.6) is 0 Å². The van der Waals surface area contributed by atoms with E-state index in [0.717, 1.165) is 16.7 Å². The first-order valence-electron chi connectivity index (χ1n) is 5.09. The number of hydrogen-bond donors (Lipinski definition) is 2. The van der Waals surface area contributed by atoms with E-state index in [-0.39, 0.29) is 5.13 Å². The highest BCUT2D eigenvalue weighted by Gasteiger charge is 2.33. The van der Waals surface area contributed by atoms with Crippen molar-refractivity contribution in [2.75, 3.05) is 11.9 Å². The molecule has 0 spiro atoms. The summed E-state index contributed by atoms with van der Waals surface area (Å²) in [6.07, 6.45) is -0.768. The van der Waals surface area contributed by atoms with Crippen molar-refractivity contribution >= 4 is 22.6 Å². The van der Waals surface area contributed by atoms with Crippen molar-refractivity contribution in [3.63, 3.8) is 0 Å². The maximum absolute atomic E-state index is 13.1. The Bertz CT molecular complexity index is 429. The maximum atomic E-state index is 13.1. The fraction of sp³-hybridized carbons (Fsp3) is 0.600. The molecule has 0 unspecified atom stereocenters. The fourth-order valence-corrected chi connectivity index (χ4v) is 1.71. The highest BCUT2D eigenvalue weighted by molar-refractivity contribution is 7.13. The summed E-state index contributed by atoms with van der Waals surface area (Å²) in [5.41, 5.74) is -1.26. The van der Waals surface area contributed by atoms with Gasteiger partial charge in [-0.2, -0.15) is 8.78 Å². The number of aliphatic hydroxyl groups is 1. The standard InChI is InChI=1S/C10H14F2N2O3S/c1-9(2,3)17-8(16)14-7-13-6(4-18-7)10(11,12)5-15/h4,15H,5H2,1-3H3,(H,13,14,16). The first-order valence-corrected chi connectivity index (χ1v) is 5.97. The molecule has 0 bridgehead atoms.